The highest BCUT2D eigenvalue weighted by atomic mass is 32.2. The molecule has 0 atom stereocenters. The maximum Gasteiger partial charge on any atom is 0.223 e. The van der Waals surface area contributed by atoms with Crippen molar-refractivity contribution in [2.75, 3.05) is 23.0 Å². The third-order valence-corrected chi connectivity index (χ3v) is 7.70. The van der Waals surface area contributed by atoms with Crippen LogP contribution in [0.4, 0.5) is 0 Å². The summed E-state index contributed by atoms with van der Waals surface area (Å²) in [5.41, 5.74) is 0. The van der Waals surface area contributed by atoms with E-state index in [1.165, 1.54) is 0 Å². The molecule has 6 heteroatoms. The van der Waals surface area contributed by atoms with Crippen LogP contribution in [-0.4, -0.2) is 46.9 Å². The first-order chi connectivity index (χ1) is 11.7. The van der Waals surface area contributed by atoms with Gasteiger partial charge in [0.1, 0.15) is 0 Å². The van der Waals surface area contributed by atoms with Crippen molar-refractivity contribution < 1.29 is 9.59 Å². The van der Waals surface area contributed by atoms with Crippen LogP contribution in [0, 0.1) is 11.8 Å². The Morgan fingerprint density at radius 1 is 0.583 bits per heavy atom. The number of hydrogen-bond acceptors (Lipinski definition) is 4. The zero-order chi connectivity index (χ0) is 16.8. The summed E-state index contributed by atoms with van der Waals surface area (Å²) in [6.07, 6.45) is 7.89. The molecule has 0 spiro atoms. The van der Waals surface area contributed by atoms with Crippen LogP contribution in [0.25, 0.3) is 0 Å². The van der Waals surface area contributed by atoms with Crippen LogP contribution in [0.5, 0.6) is 0 Å². The molecule has 4 nitrogen and oxygen atoms in total. The quantitative estimate of drug-likeness (QED) is 0.799. The SMILES string of the molecule is O=C(NC1CCSCC1)C1CCC(C(=O)NC2CCSCC2)CC1. The molecule has 3 rings (SSSR count). The average molecular weight is 371 g/mol. The standard InChI is InChI=1S/C18H30N2O2S2/c21-17(19-15-5-9-23-10-6-15)13-1-2-14(4-3-13)18(22)20-16-7-11-24-12-8-16/h13-16H,1-12H2,(H,19,21)(H,20,22). The van der Waals surface area contributed by atoms with Gasteiger partial charge >= 0.3 is 0 Å². The summed E-state index contributed by atoms with van der Waals surface area (Å²) >= 11 is 3.96. The highest BCUT2D eigenvalue weighted by Crippen LogP contribution is 2.30. The molecule has 1 saturated carbocycles. The van der Waals surface area contributed by atoms with Crippen LogP contribution in [0.2, 0.25) is 0 Å². The van der Waals surface area contributed by atoms with E-state index in [-0.39, 0.29) is 23.7 Å². The predicted octanol–water partition coefficient (Wildman–Crippen LogP) is 2.82. The molecule has 2 amide bonds. The zero-order valence-electron chi connectivity index (χ0n) is 14.4. The largest absolute Gasteiger partial charge is 0.353 e. The summed E-state index contributed by atoms with van der Waals surface area (Å²) in [6, 6.07) is 0.757. The maximum absolute atomic E-state index is 12.4. The molecule has 136 valence electrons. The van der Waals surface area contributed by atoms with Crippen LogP contribution in [0.1, 0.15) is 51.4 Å². The lowest BCUT2D eigenvalue weighted by Crippen LogP contribution is -2.44. The lowest BCUT2D eigenvalue weighted by molar-refractivity contribution is -0.131. The van der Waals surface area contributed by atoms with Crippen LogP contribution >= 0.6 is 23.5 Å². The number of hydrogen-bond donors (Lipinski definition) is 2. The summed E-state index contributed by atoms with van der Waals surface area (Å²) in [4.78, 5) is 24.9. The second-order valence-corrected chi connectivity index (χ2v) is 9.79. The molecule has 0 bridgehead atoms. The fourth-order valence-electron chi connectivity index (χ4n) is 3.94. The van der Waals surface area contributed by atoms with Crippen LogP contribution in [0.15, 0.2) is 0 Å². The normalized spacial score (nSPS) is 29.8. The van der Waals surface area contributed by atoms with Crippen molar-refractivity contribution >= 4 is 35.3 Å². The molecule has 2 saturated heterocycles. The van der Waals surface area contributed by atoms with Crippen molar-refractivity contribution in [2.45, 2.75) is 63.5 Å². The Labute approximate surface area is 154 Å². The van der Waals surface area contributed by atoms with Gasteiger partial charge in [-0.3, -0.25) is 9.59 Å². The van der Waals surface area contributed by atoms with E-state index in [2.05, 4.69) is 10.6 Å². The third kappa shape index (κ3) is 5.32. The molecular weight excluding hydrogens is 340 g/mol. The number of rotatable bonds is 4. The second-order valence-electron chi connectivity index (χ2n) is 7.34. The Morgan fingerprint density at radius 2 is 0.917 bits per heavy atom. The average Bonchev–Trinajstić information content (AvgIpc) is 2.63. The summed E-state index contributed by atoms with van der Waals surface area (Å²) in [6.45, 7) is 0. The van der Waals surface area contributed by atoms with E-state index in [4.69, 9.17) is 0 Å². The third-order valence-electron chi connectivity index (χ3n) is 5.60. The van der Waals surface area contributed by atoms with Gasteiger partial charge in [-0.05, 0) is 74.4 Å². The molecule has 0 aromatic carbocycles. The minimum Gasteiger partial charge on any atom is -0.353 e. The molecule has 2 aliphatic heterocycles. The fraction of sp³-hybridized carbons (Fsp3) is 0.889. The van der Waals surface area contributed by atoms with Crippen LogP contribution in [0.3, 0.4) is 0 Å². The van der Waals surface area contributed by atoms with Crippen LogP contribution < -0.4 is 10.6 Å². The number of thioether (sulfide) groups is 2. The van der Waals surface area contributed by atoms with Gasteiger partial charge in [0, 0.05) is 23.9 Å². The minimum atomic E-state index is 0.120. The lowest BCUT2D eigenvalue weighted by atomic mass is 9.81. The first kappa shape index (κ1) is 18.4. The first-order valence-electron chi connectivity index (χ1n) is 9.48. The van der Waals surface area contributed by atoms with Gasteiger partial charge in [-0.15, -0.1) is 0 Å². The van der Waals surface area contributed by atoms with Gasteiger partial charge in [0.15, 0.2) is 0 Å². The molecule has 0 unspecified atom stereocenters. The number of nitrogens with one attached hydrogen (secondary N) is 2. The predicted molar refractivity (Wildman–Crippen MR) is 102 cm³/mol. The van der Waals surface area contributed by atoms with Crippen molar-refractivity contribution in [2.24, 2.45) is 11.8 Å². The van der Waals surface area contributed by atoms with E-state index in [0.29, 0.717) is 12.1 Å². The molecule has 0 aromatic rings. The number of amides is 2. The van der Waals surface area contributed by atoms with Gasteiger partial charge in [0.05, 0.1) is 0 Å². The van der Waals surface area contributed by atoms with Crippen molar-refractivity contribution in [1.82, 2.24) is 10.6 Å². The zero-order valence-corrected chi connectivity index (χ0v) is 16.1. The van der Waals surface area contributed by atoms with Crippen molar-refractivity contribution in [3.63, 3.8) is 0 Å². The molecular formula is C18H30N2O2S2. The Morgan fingerprint density at radius 3 is 1.25 bits per heavy atom. The van der Waals surface area contributed by atoms with E-state index in [1.54, 1.807) is 0 Å². The van der Waals surface area contributed by atoms with Gasteiger partial charge in [-0.2, -0.15) is 23.5 Å². The second kappa shape index (κ2) is 9.37. The monoisotopic (exact) mass is 370 g/mol. The van der Waals surface area contributed by atoms with E-state index >= 15 is 0 Å². The number of carbonyl (C=O) groups is 2. The maximum atomic E-state index is 12.4. The first-order valence-corrected chi connectivity index (χ1v) is 11.8. The molecule has 2 N–H and O–H groups in total. The summed E-state index contributed by atoms with van der Waals surface area (Å²) in [7, 11) is 0. The number of carbonyl (C=O) groups excluding carboxylic acids is 2. The molecule has 3 aliphatic rings. The molecule has 24 heavy (non-hydrogen) atoms. The van der Waals surface area contributed by atoms with Gasteiger partial charge in [-0.1, -0.05) is 0 Å². The van der Waals surface area contributed by atoms with E-state index in [9.17, 15) is 9.59 Å². The van der Waals surface area contributed by atoms with E-state index in [1.807, 2.05) is 23.5 Å². The smallest absolute Gasteiger partial charge is 0.223 e. The Hall–Kier alpha value is -0.360. The van der Waals surface area contributed by atoms with Gasteiger partial charge in [-0.25, -0.2) is 0 Å². The molecule has 2 heterocycles. The highest BCUT2D eigenvalue weighted by molar-refractivity contribution is 7.99. The van der Waals surface area contributed by atoms with E-state index < -0.39 is 0 Å². The molecule has 1 aliphatic carbocycles. The Kier molecular flexibility index (Phi) is 7.20. The Bertz CT molecular complexity index is 387. The lowest BCUT2D eigenvalue weighted by Gasteiger charge is -2.31. The van der Waals surface area contributed by atoms with Crippen molar-refractivity contribution in [1.29, 1.82) is 0 Å². The van der Waals surface area contributed by atoms with E-state index in [0.717, 1.165) is 74.4 Å². The summed E-state index contributed by atoms with van der Waals surface area (Å²) in [5.74, 6) is 5.36. The molecule has 0 aromatic heterocycles. The highest BCUT2D eigenvalue weighted by Gasteiger charge is 2.31. The molecule has 3 fully saturated rings. The van der Waals surface area contributed by atoms with Gasteiger partial charge < -0.3 is 10.6 Å². The minimum absolute atomic E-state index is 0.120. The van der Waals surface area contributed by atoms with Crippen molar-refractivity contribution in [3.05, 3.63) is 0 Å². The van der Waals surface area contributed by atoms with Gasteiger partial charge in [0.2, 0.25) is 11.8 Å². The molecule has 0 radical (unpaired) electrons. The van der Waals surface area contributed by atoms with Gasteiger partial charge in [0.25, 0.3) is 0 Å². The fourth-order valence-corrected chi connectivity index (χ4v) is 6.15. The van der Waals surface area contributed by atoms with Crippen molar-refractivity contribution in [3.8, 4) is 0 Å². The topological polar surface area (TPSA) is 58.2 Å². The Balaban J connectivity index is 1.38. The summed E-state index contributed by atoms with van der Waals surface area (Å²) in [5, 5.41) is 6.49. The summed E-state index contributed by atoms with van der Waals surface area (Å²) < 4.78 is 0. The van der Waals surface area contributed by atoms with Crippen LogP contribution in [-0.2, 0) is 9.59 Å².